The molecule has 1 aromatic carbocycles. The number of rotatable bonds is 1. The van der Waals surface area contributed by atoms with Crippen molar-refractivity contribution in [2.45, 2.75) is 4.43 Å². The average molecular weight is 242 g/mol. The standard InChI is InChI=1S/C9H7I/c1-2-8-3-5-9(7-10)6-4-8/h1,3-6H,7H2. The molecule has 0 heterocycles. The second kappa shape index (κ2) is 3.62. The maximum Gasteiger partial charge on any atom is 0.0247 e. The summed E-state index contributed by atoms with van der Waals surface area (Å²) in [5, 5.41) is 0. The first-order chi connectivity index (χ1) is 4.86. The van der Waals surface area contributed by atoms with Crippen LogP contribution in [0.25, 0.3) is 0 Å². The summed E-state index contributed by atoms with van der Waals surface area (Å²) < 4.78 is 1.04. The van der Waals surface area contributed by atoms with E-state index in [1.54, 1.807) is 0 Å². The first kappa shape index (κ1) is 7.62. The van der Waals surface area contributed by atoms with Crippen molar-refractivity contribution < 1.29 is 0 Å². The topological polar surface area (TPSA) is 0 Å². The van der Waals surface area contributed by atoms with Crippen molar-refractivity contribution >= 4 is 22.6 Å². The maximum absolute atomic E-state index is 5.19. The van der Waals surface area contributed by atoms with Crippen LogP contribution in [0, 0.1) is 12.3 Å². The van der Waals surface area contributed by atoms with E-state index in [2.05, 4.69) is 40.6 Å². The zero-order valence-corrected chi connectivity index (χ0v) is 7.63. The first-order valence-electron chi connectivity index (χ1n) is 2.98. The van der Waals surface area contributed by atoms with E-state index in [4.69, 9.17) is 6.42 Å². The number of benzene rings is 1. The predicted molar refractivity (Wildman–Crippen MR) is 52.1 cm³/mol. The van der Waals surface area contributed by atoms with E-state index in [0.29, 0.717) is 0 Å². The Morgan fingerprint density at radius 2 is 1.90 bits per heavy atom. The van der Waals surface area contributed by atoms with Crippen molar-refractivity contribution in [2.24, 2.45) is 0 Å². The molecule has 0 aliphatic carbocycles. The van der Waals surface area contributed by atoms with Crippen molar-refractivity contribution in [3.05, 3.63) is 35.4 Å². The van der Waals surface area contributed by atoms with Crippen LogP contribution >= 0.6 is 22.6 Å². The van der Waals surface area contributed by atoms with Gasteiger partial charge in [-0.1, -0.05) is 40.6 Å². The molecule has 0 aliphatic heterocycles. The second-order valence-electron chi connectivity index (χ2n) is 1.97. The minimum absolute atomic E-state index is 0.952. The SMILES string of the molecule is C#Cc1ccc(CI)cc1. The molecule has 0 radical (unpaired) electrons. The van der Waals surface area contributed by atoms with Crippen LogP contribution in [-0.4, -0.2) is 0 Å². The van der Waals surface area contributed by atoms with E-state index in [-0.39, 0.29) is 0 Å². The van der Waals surface area contributed by atoms with Gasteiger partial charge in [-0.3, -0.25) is 0 Å². The molecule has 0 bridgehead atoms. The van der Waals surface area contributed by atoms with Gasteiger partial charge in [-0.25, -0.2) is 0 Å². The minimum atomic E-state index is 0.952. The molecule has 0 aromatic heterocycles. The third-order valence-electron chi connectivity index (χ3n) is 1.27. The molecule has 1 rings (SSSR count). The average Bonchev–Trinajstić information content (AvgIpc) is 2.05. The Morgan fingerprint density at radius 3 is 2.30 bits per heavy atom. The van der Waals surface area contributed by atoms with Gasteiger partial charge in [0.1, 0.15) is 0 Å². The summed E-state index contributed by atoms with van der Waals surface area (Å²) in [5.74, 6) is 2.58. The Balaban J connectivity index is 2.93. The van der Waals surface area contributed by atoms with E-state index in [9.17, 15) is 0 Å². The number of halogens is 1. The second-order valence-corrected chi connectivity index (χ2v) is 2.74. The number of hydrogen-bond donors (Lipinski definition) is 0. The van der Waals surface area contributed by atoms with Crippen LogP contribution in [0.4, 0.5) is 0 Å². The summed E-state index contributed by atoms with van der Waals surface area (Å²) in [7, 11) is 0. The monoisotopic (exact) mass is 242 g/mol. The van der Waals surface area contributed by atoms with Gasteiger partial charge in [-0.15, -0.1) is 6.42 Å². The Labute approximate surface area is 74.8 Å². The third-order valence-corrected chi connectivity index (χ3v) is 2.16. The summed E-state index contributed by atoms with van der Waals surface area (Å²) in [4.78, 5) is 0. The lowest BCUT2D eigenvalue weighted by atomic mass is 10.2. The van der Waals surface area contributed by atoms with Crippen LogP contribution in [-0.2, 0) is 4.43 Å². The van der Waals surface area contributed by atoms with E-state index < -0.39 is 0 Å². The van der Waals surface area contributed by atoms with Gasteiger partial charge in [0.05, 0.1) is 0 Å². The zero-order chi connectivity index (χ0) is 7.40. The lowest BCUT2D eigenvalue weighted by Crippen LogP contribution is -1.76. The van der Waals surface area contributed by atoms with E-state index in [0.717, 1.165) is 9.99 Å². The number of hydrogen-bond acceptors (Lipinski definition) is 0. The van der Waals surface area contributed by atoms with Crippen LogP contribution in [0.5, 0.6) is 0 Å². The lowest BCUT2D eigenvalue weighted by Gasteiger charge is -1.93. The molecule has 0 unspecified atom stereocenters. The van der Waals surface area contributed by atoms with Gasteiger partial charge >= 0.3 is 0 Å². The maximum atomic E-state index is 5.19. The van der Waals surface area contributed by atoms with Crippen molar-refractivity contribution in [2.75, 3.05) is 0 Å². The van der Waals surface area contributed by atoms with Crippen molar-refractivity contribution in [3.63, 3.8) is 0 Å². The van der Waals surface area contributed by atoms with Gasteiger partial charge in [0.2, 0.25) is 0 Å². The van der Waals surface area contributed by atoms with Gasteiger partial charge in [0.15, 0.2) is 0 Å². The van der Waals surface area contributed by atoms with Crippen molar-refractivity contribution in [1.29, 1.82) is 0 Å². The summed E-state index contributed by atoms with van der Waals surface area (Å²) in [6, 6.07) is 8.05. The smallest absolute Gasteiger partial charge is 0.0247 e. The molecule has 0 N–H and O–H groups in total. The molecule has 0 spiro atoms. The third kappa shape index (κ3) is 1.74. The fraction of sp³-hybridized carbons (Fsp3) is 0.111. The van der Waals surface area contributed by atoms with Gasteiger partial charge in [0.25, 0.3) is 0 Å². The van der Waals surface area contributed by atoms with Crippen LogP contribution in [0.1, 0.15) is 11.1 Å². The Morgan fingerprint density at radius 1 is 1.30 bits per heavy atom. The molecule has 0 aliphatic rings. The molecule has 0 saturated carbocycles. The first-order valence-corrected chi connectivity index (χ1v) is 4.51. The van der Waals surface area contributed by atoms with Crippen LogP contribution in [0.2, 0.25) is 0 Å². The highest BCUT2D eigenvalue weighted by atomic mass is 127. The fourth-order valence-electron chi connectivity index (χ4n) is 0.690. The van der Waals surface area contributed by atoms with Crippen molar-refractivity contribution in [3.8, 4) is 12.3 Å². The highest BCUT2D eigenvalue weighted by Gasteiger charge is 1.87. The fourth-order valence-corrected chi connectivity index (χ4v) is 1.20. The molecule has 0 nitrogen and oxygen atoms in total. The van der Waals surface area contributed by atoms with Gasteiger partial charge in [-0.2, -0.15) is 0 Å². The van der Waals surface area contributed by atoms with Gasteiger partial charge in [-0.05, 0) is 17.7 Å². The molecular formula is C9H7I. The summed E-state index contributed by atoms with van der Waals surface area (Å²) >= 11 is 2.33. The Bertz CT molecular complexity index is 240. The van der Waals surface area contributed by atoms with Gasteiger partial charge < -0.3 is 0 Å². The zero-order valence-electron chi connectivity index (χ0n) is 5.47. The number of alkyl halides is 1. The normalized spacial score (nSPS) is 8.80. The molecule has 0 saturated heterocycles. The van der Waals surface area contributed by atoms with Crippen LogP contribution < -0.4 is 0 Å². The van der Waals surface area contributed by atoms with E-state index in [1.165, 1.54) is 5.56 Å². The summed E-state index contributed by atoms with van der Waals surface area (Å²) in [5.41, 5.74) is 2.27. The largest absolute Gasteiger partial charge is 0.115 e. The van der Waals surface area contributed by atoms with Gasteiger partial charge in [0, 0.05) is 9.99 Å². The lowest BCUT2D eigenvalue weighted by molar-refractivity contribution is 1.44. The van der Waals surface area contributed by atoms with Crippen LogP contribution in [0.3, 0.4) is 0 Å². The summed E-state index contributed by atoms with van der Waals surface area (Å²) in [6.45, 7) is 0. The van der Waals surface area contributed by atoms with E-state index in [1.807, 2.05) is 12.1 Å². The highest BCUT2D eigenvalue weighted by Crippen LogP contribution is 2.06. The van der Waals surface area contributed by atoms with Crippen molar-refractivity contribution in [1.82, 2.24) is 0 Å². The molecule has 1 heteroatoms. The molecular weight excluding hydrogens is 235 g/mol. The van der Waals surface area contributed by atoms with E-state index >= 15 is 0 Å². The number of terminal acetylenes is 1. The Hall–Kier alpha value is -0.490. The minimum Gasteiger partial charge on any atom is -0.115 e. The summed E-state index contributed by atoms with van der Waals surface area (Å²) in [6.07, 6.45) is 5.19. The molecule has 0 fully saturated rings. The van der Waals surface area contributed by atoms with Crippen LogP contribution in [0.15, 0.2) is 24.3 Å². The highest BCUT2D eigenvalue weighted by molar-refractivity contribution is 14.1. The molecule has 1 aromatic rings. The molecule has 50 valence electrons. The molecule has 10 heavy (non-hydrogen) atoms. The predicted octanol–water partition coefficient (Wildman–Crippen LogP) is 2.60. The Kier molecular flexibility index (Phi) is 2.76. The molecule has 0 atom stereocenters. The quantitative estimate of drug-likeness (QED) is 0.403. The molecule has 0 amide bonds.